The van der Waals surface area contributed by atoms with Crippen molar-refractivity contribution in [1.82, 2.24) is 0 Å². The summed E-state index contributed by atoms with van der Waals surface area (Å²) in [4.78, 5) is 30.9. The quantitative estimate of drug-likeness (QED) is 0.0865. The third-order valence-electron chi connectivity index (χ3n) is 6.94. The van der Waals surface area contributed by atoms with Crippen LogP contribution in [0.5, 0.6) is 5.75 Å². The summed E-state index contributed by atoms with van der Waals surface area (Å²) < 4.78 is 38.7. The lowest BCUT2D eigenvalue weighted by atomic mass is 9.95. The minimum atomic E-state index is -0.687. The van der Waals surface area contributed by atoms with E-state index in [0.717, 1.165) is 17.2 Å². The van der Waals surface area contributed by atoms with Gasteiger partial charge in [-0.05, 0) is 47.0 Å². The number of allylic oxidation sites excluding steroid dienone is 1. The van der Waals surface area contributed by atoms with Crippen molar-refractivity contribution in [3.05, 3.63) is 173 Å². The number of esters is 1. The average molecular weight is 602 g/mol. The van der Waals surface area contributed by atoms with Crippen molar-refractivity contribution in [2.24, 2.45) is 4.99 Å². The number of hydrogen-bond acceptors (Lipinski definition) is 5. The molecular formula is C38H29F2NO4. The maximum Gasteiger partial charge on any atom is 0.352 e. The predicted molar refractivity (Wildman–Crippen MR) is 171 cm³/mol. The molecule has 0 amide bonds. The third-order valence-corrected chi connectivity index (χ3v) is 6.94. The molecule has 0 bridgehead atoms. The van der Waals surface area contributed by atoms with Gasteiger partial charge in [0.15, 0.2) is 5.78 Å². The molecule has 5 aromatic carbocycles. The zero-order valence-electron chi connectivity index (χ0n) is 24.5. The van der Waals surface area contributed by atoms with Crippen molar-refractivity contribution >= 4 is 28.7 Å². The number of carbonyl (C=O) groups is 2. The van der Waals surface area contributed by atoms with E-state index in [1.54, 1.807) is 60.7 Å². The maximum absolute atomic E-state index is 13.8. The highest BCUT2D eigenvalue weighted by Crippen LogP contribution is 2.32. The number of aliphatic imine (C=N–C) groups is 1. The number of ketones is 1. The Bertz CT molecular complexity index is 1850. The van der Waals surface area contributed by atoms with Crippen LogP contribution in [0.25, 0.3) is 5.57 Å². The molecule has 5 nitrogen and oxygen atoms in total. The number of nitrogens with zero attached hydrogens (tertiary/aromatic N) is 1. The standard InChI is InChI=1S/C38H29F2NO4/c1-44-38(43)35(41-34-18-10-8-17-33(34)37(42)28-14-6-3-7-15-28)21-20-31(27-12-4-2-5-13-27)32-16-9-11-19-36(32)45-25-26-22-29(39)24-30(40)23-26/h2-20,22-24H,21,25H2,1H3. The van der Waals surface area contributed by atoms with Gasteiger partial charge in [-0.1, -0.05) is 97.1 Å². The van der Waals surface area contributed by atoms with Crippen molar-refractivity contribution in [2.75, 3.05) is 7.11 Å². The molecule has 0 unspecified atom stereocenters. The van der Waals surface area contributed by atoms with Crippen LogP contribution in [0.1, 0.15) is 39.0 Å². The second-order valence-electron chi connectivity index (χ2n) is 10.0. The summed E-state index contributed by atoms with van der Waals surface area (Å²) in [6, 6.07) is 35.8. The molecule has 45 heavy (non-hydrogen) atoms. The van der Waals surface area contributed by atoms with Crippen molar-refractivity contribution in [3.8, 4) is 5.75 Å². The summed E-state index contributed by atoms with van der Waals surface area (Å²) in [5, 5.41) is 0. The van der Waals surface area contributed by atoms with E-state index in [1.807, 2.05) is 54.6 Å². The molecule has 0 aromatic heterocycles. The predicted octanol–water partition coefficient (Wildman–Crippen LogP) is 8.54. The largest absolute Gasteiger partial charge is 0.488 e. The Morgan fingerprint density at radius 3 is 1.96 bits per heavy atom. The number of para-hydroxylation sites is 2. The maximum atomic E-state index is 13.8. The fourth-order valence-electron chi connectivity index (χ4n) is 4.82. The van der Waals surface area contributed by atoms with Gasteiger partial charge in [-0.25, -0.2) is 18.6 Å². The summed E-state index contributed by atoms with van der Waals surface area (Å²) in [6.45, 7) is -0.0607. The van der Waals surface area contributed by atoms with Crippen LogP contribution in [0.15, 0.2) is 138 Å². The highest BCUT2D eigenvalue weighted by Gasteiger charge is 2.18. The van der Waals surface area contributed by atoms with Crippen LogP contribution in [0, 0.1) is 11.6 Å². The topological polar surface area (TPSA) is 65.0 Å². The van der Waals surface area contributed by atoms with Crippen LogP contribution in [-0.4, -0.2) is 24.6 Å². The minimum absolute atomic E-state index is 0.0607. The van der Waals surface area contributed by atoms with Crippen LogP contribution in [0.3, 0.4) is 0 Å². The summed E-state index contributed by atoms with van der Waals surface area (Å²) in [6.07, 6.45) is 1.91. The average Bonchev–Trinajstić information content (AvgIpc) is 3.07. The second-order valence-corrected chi connectivity index (χ2v) is 10.0. The number of ether oxygens (including phenoxy) is 2. The molecule has 0 aliphatic heterocycles. The van der Waals surface area contributed by atoms with Crippen LogP contribution in [0.4, 0.5) is 14.5 Å². The number of carbonyl (C=O) groups excluding carboxylic acids is 2. The Kier molecular flexibility index (Phi) is 10.0. The molecule has 0 atom stereocenters. The summed E-state index contributed by atoms with van der Waals surface area (Å²) in [5.41, 5.74) is 3.91. The fourth-order valence-corrected chi connectivity index (χ4v) is 4.82. The van der Waals surface area contributed by atoms with Crippen LogP contribution in [0.2, 0.25) is 0 Å². The van der Waals surface area contributed by atoms with Crippen molar-refractivity contribution in [1.29, 1.82) is 0 Å². The molecule has 0 saturated heterocycles. The zero-order chi connectivity index (χ0) is 31.6. The van der Waals surface area contributed by atoms with E-state index in [1.165, 1.54) is 19.2 Å². The van der Waals surface area contributed by atoms with Crippen LogP contribution < -0.4 is 4.74 Å². The molecular weight excluding hydrogens is 572 g/mol. The first-order valence-electron chi connectivity index (χ1n) is 14.2. The van der Waals surface area contributed by atoms with Gasteiger partial charge in [0.2, 0.25) is 0 Å². The summed E-state index contributed by atoms with van der Waals surface area (Å²) in [5.74, 6) is -1.75. The molecule has 5 rings (SSSR count). The van der Waals surface area contributed by atoms with Crippen LogP contribution >= 0.6 is 0 Å². The number of hydrogen-bond donors (Lipinski definition) is 0. The van der Waals surface area contributed by atoms with Gasteiger partial charge in [-0.15, -0.1) is 0 Å². The molecule has 5 aromatic rings. The Balaban J connectivity index is 1.53. The lowest BCUT2D eigenvalue weighted by Gasteiger charge is -2.15. The van der Waals surface area contributed by atoms with Gasteiger partial charge < -0.3 is 9.47 Å². The van der Waals surface area contributed by atoms with Crippen molar-refractivity contribution < 1.29 is 27.8 Å². The van der Waals surface area contributed by atoms with E-state index < -0.39 is 17.6 Å². The van der Waals surface area contributed by atoms with Gasteiger partial charge in [-0.3, -0.25) is 4.79 Å². The molecule has 0 N–H and O–H groups in total. The Morgan fingerprint density at radius 1 is 0.711 bits per heavy atom. The zero-order valence-corrected chi connectivity index (χ0v) is 24.5. The van der Waals surface area contributed by atoms with E-state index in [-0.39, 0.29) is 24.5 Å². The Hall–Kier alpha value is -5.69. The highest BCUT2D eigenvalue weighted by molar-refractivity contribution is 6.37. The molecule has 224 valence electrons. The SMILES string of the molecule is COC(=O)C(CC=C(c1ccccc1)c1ccccc1OCc1cc(F)cc(F)c1)=Nc1ccccc1C(=O)c1ccccc1. The van der Waals surface area contributed by atoms with Gasteiger partial charge in [0.1, 0.15) is 29.7 Å². The number of benzene rings is 5. The summed E-state index contributed by atoms with van der Waals surface area (Å²) >= 11 is 0. The van der Waals surface area contributed by atoms with Crippen molar-refractivity contribution in [2.45, 2.75) is 13.0 Å². The number of halogens is 2. The molecule has 0 aliphatic carbocycles. The number of methoxy groups -OCH3 is 1. The first kappa shape index (κ1) is 30.8. The van der Waals surface area contributed by atoms with Gasteiger partial charge in [0, 0.05) is 29.2 Å². The van der Waals surface area contributed by atoms with E-state index in [0.29, 0.717) is 33.7 Å². The van der Waals surface area contributed by atoms with Gasteiger partial charge in [0.25, 0.3) is 0 Å². The van der Waals surface area contributed by atoms with Gasteiger partial charge in [-0.2, -0.15) is 0 Å². The number of rotatable bonds is 11. The van der Waals surface area contributed by atoms with E-state index >= 15 is 0 Å². The Labute approximate surface area is 260 Å². The summed E-state index contributed by atoms with van der Waals surface area (Å²) in [7, 11) is 1.28. The second kappa shape index (κ2) is 14.7. The first-order valence-corrected chi connectivity index (χ1v) is 14.2. The van der Waals surface area contributed by atoms with E-state index in [4.69, 9.17) is 9.47 Å². The Morgan fingerprint density at radius 2 is 1.29 bits per heavy atom. The molecule has 0 heterocycles. The molecule has 0 spiro atoms. The lowest BCUT2D eigenvalue weighted by Crippen LogP contribution is -2.15. The molecule has 0 saturated carbocycles. The molecule has 0 fully saturated rings. The minimum Gasteiger partial charge on any atom is -0.488 e. The fraction of sp³-hybridized carbons (Fsp3) is 0.0789. The van der Waals surface area contributed by atoms with Gasteiger partial charge in [0.05, 0.1) is 12.8 Å². The molecule has 0 radical (unpaired) electrons. The lowest BCUT2D eigenvalue weighted by molar-refractivity contribution is -0.132. The van der Waals surface area contributed by atoms with E-state index in [9.17, 15) is 18.4 Å². The third kappa shape index (κ3) is 7.83. The van der Waals surface area contributed by atoms with E-state index in [2.05, 4.69) is 4.99 Å². The highest BCUT2D eigenvalue weighted by atomic mass is 19.1. The normalized spacial score (nSPS) is 11.6. The molecule has 7 heteroatoms. The first-order chi connectivity index (χ1) is 21.9. The van der Waals surface area contributed by atoms with Crippen LogP contribution in [-0.2, 0) is 16.1 Å². The van der Waals surface area contributed by atoms with Crippen molar-refractivity contribution in [3.63, 3.8) is 0 Å². The monoisotopic (exact) mass is 601 g/mol. The van der Waals surface area contributed by atoms with Gasteiger partial charge >= 0.3 is 5.97 Å². The molecule has 0 aliphatic rings. The smallest absolute Gasteiger partial charge is 0.352 e.